The number of hydrogen-bond acceptors (Lipinski definition) is 4. The lowest BCUT2D eigenvalue weighted by Crippen LogP contribution is -2.54. The van der Waals surface area contributed by atoms with Gasteiger partial charge in [0.15, 0.2) is 0 Å². The fraction of sp³-hybridized carbons (Fsp3) is 1.00. The monoisotopic (exact) mass is 239 g/mol. The van der Waals surface area contributed by atoms with E-state index in [2.05, 4.69) is 4.72 Å². The van der Waals surface area contributed by atoms with Gasteiger partial charge < -0.3 is 10.2 Å². The van der Waals surface area contributed by atoms with Crippen molar-refractivity contribution in [1.29, 1.82) is 0 Å². The van der Waals surface area contributed by atoms with Gasteiger partial charge in [0.1, 0.15) is 0 Å². The molecule has 0 spiro atoms. The summed E-state index contributed by atoms with van der Waals surface area (Å²) >= 11 is 0. The largest absolute Gasteiger partial charge is 0.394 e. The Bertz CT molecular complexity index is 262. The summed E-state index contributed by atoms with van der Waals surface area (Å²) in [6.07, 6.45) is 0.345. The van der Waals surface area contributed by atoms with Crippen LogP contribution in [0, 0.1) is 5.92 Å². The lowest BCUT2D eigenvalue weighted by molar-refractivity contribution is 0.105. The zero-order valence-electron chi connectivity index (χ0n) is 9.52. The van der Waals surface area contributed by atoms with Crippen molar-refractivity contribution < 1.29 is 18.6 Å². The lowest BCUT2D eigenvalue weighted by Gasteiger charge is -2.29. The third-order valence-corrected chi connectivity index (χ3v) is 4.06. The van der Waals surface area contributed by atoms with Crippen LogP contribution in [0.4, 0.5) is 0 Å². The lowest BCUT2D eigenvalue weighted by atomic mass is 10.0. The molecule has 0 aliphatic rings. The van der Waals surface area contributed by atoms with E-state index in [0.717, 1.165) is 0 Å². The molecule has 0 heterocycles. The van der Waals surface area contributed by atoms with Crippen molar-refractivity contribution in [2.75, 3.05) is 19.0 Å². The Morgan fingerprint density at radius 1 is 1.27 bits per heavy atom. The van der Waals surface area contributed by atoms with Gasteiger partial charge in [0.05, 0.1) is 24.5 Å². The van der Waals surface area contributed by atoms with E-state index in [1.54, 1.807) is 20.8 Å². The highest BCUT2D eigenvalue weighted by molar-refractivity contribution is 7.89. The molecule has 0 aromatic rings. The van der Waals surface area contributed by atoms with Crippen molar-refractivity contribution in [1.82, 2.24) is 4.72 Å². The summed E-state index contributed by atoms with van der Waals surface area (Å²) in [5, 5.41) is 18.2. The maximum Gasteiger partial charge on any atom is 0.212 e. The Balaban J connectivity index is 4.67. The van der Waals surface area contributed by atoms with E-state index >= 15 is 0 Å². The van der Waals surface area contributed by atoms with Gasteiger partial charge in [-0.2, -0.15) is 0 Å². The van der Waals surface area contributed by atoms with Crippen LogP contribution in [0.1, 0.15) is 27.2 Å². The highest BCUT2D eigenvalue weighted by Crippen LogP contribution is 2.11. The normalized spacial score (nSPS) is 13.5. The van der Waals surface area contributed by atoms with Gasteiger partial charge in [0.2, 0.25) is 10.0 Å². The first kappa shape index (κ1) is 14.8. The number of rotatable bonds is 7. The smallest absolute Gasteiger partial charge is 0.212 e. The number of hydrogen-bond donors (Lipinski definition) is 3. The minimum absolute atomic E-state index is 0.00521. The summed E-state index contributed by atoms with van der Waals surface area (Å²) in [5.41, 5.74) is -1.13. The van der Waals surface area contributed by atoms with Crippen molar-refractivity contribution in [3.63, 3.8) is 0 Å². The van der Waals surface area contributed by atoms with Crippen LogP contribution in [-0.4, -0.2) is 43.1 Å². The first-order chi connectivity index (χ1) is 6.81. The van der Waals surface area contributed by atoms with Crippen molar-refractivity contribution in [2.45, 2.75) is 32.7 Å². The summed E-state index contributed by atoms with van der Waals surface area (Å²) in [6, 6.07) is 0. The zero-order valence-corrected chi connectivity index (χ0v) is 10.3. The number of nitrogens with one attached hydrogen (secondary N) is 1. The first-order valence-electron chi connectivity index (χ1n) is 5.04. The Labute approximate surface area is 91.6 Å². The maximum absolute atomic E-state index is 11.6. The van der Waals surface area contributed by atoms with E-state index in [9.17, 15) is 8.42 Å². The molecule has 0 atom stereocenters. The molecule has 0 saturated heterocycles. The molecule has 0 bridgehead atoms. The molecule has 0 unspecified atom stereocenters. The van der Waals surface area contributed by atoms with E-state index in [4.69, 9.17) is 10.2 Å². The van der Waals surface area contributed by atoms with E-state index in [0.29, 0.717) is 6.42 Å². The van der Waals surface area contributed by atoms with Crippen LogP contribution in [-0.2, 0) is 10.0 Å². The second-order valence-electron chi connectivity index (χ2n) is 4.23. The second-order valence-corrected chi connectivity index (χ2v) is 5.99. The molecular formula is C9H21NO4S. The van der Waals surface area contributed by atoms with E-state index in [1.165, 1.54) is 0 Å². The van der Waals surface area contributed by atoms with E-state index < -0.39 is 28.8 Å². The van der Waals surface area contributed by atoms with Crippen LogP contribution in [0.15, 0.2) is 0 Å². The molecule has 0 saturated carbocycles. The van der Waals surface area contributed by atoms with Crippen molar-refractivity contribution >= 4 is 10.0 Å². The molecule has 15 heavy (non-hydrogen) atoms. The molecule has 0 aromatic heterocycles. The highest BCUT2D eigenvalue weighted by atomic mass is 32.2. The Morgan fingerprint density at radius 3 is 2.00 bits per heavy atom. The third-order valence-electron chi connectivity index (χ3n) is 2.21. The molecule has 3 N–H and O–H groups in total. The molecule has 92 valence electrons. The van der Waals surface area contributed by atoms with Gasteiger partial charge in [0.25, 0.3) is 0 Å². The molecule has 0 aliphatic heterocycles. The molecule has 0 aliphatic carbocycles. The average Bonchev–Trinajstić information content (AvgIpc) is 2.12. The summed E-state index contributed by atoms with van der Waals surface area (Å²) in [4.78, 5) is 0. The zero-order chi connectivity index (χ0) is 12.1. The van der Waals surface area contributed by atoms with Gasteiger partial charge in [-0.3, -0.25) is 0 Å². The Kier molecular flexibility index (Phi) is 5.72. The quantitative estimate of drug-likeness (QED) is 0.569. The number of aliphatic hydroxyl groups is 2. The van der Waals surface area contributed by atoms with Crippen LogP contribution >= 0.6 is 0 Å². The van der Waals surface area contributed by atoms with Crippen LogP contribution in [0.25, 0.3) is 0 Å². The third kappa shape index (κ3) is 4.92. The van der Waals surface area contributed by atoms with Crippen molar-refractivity contribution in [2.24, 2.45) is 5.92 Å². The van der Waals surface area contributed by atoms with Crippen LogP contribution in [0.5, 0.6) is 0 Å². The minimum atomic E-state index is -3.44. The Hall–Kier alpha value is -0.170. The van der Waals surface area contributed by atoms with Crippen LogP contribution < -0.4 is 4.72 Å². The molecule has 0 rings (SSSR count). The van der Waals surface area contributed by atoms with Gasteiger partial charge in [-0.1, -0.05) is 20.8 Å². The van der Waals surface area contributed by atoms with Crippen molar-refractivity contribution in [3.8, 4) is 0 Å². The topological polar surface area (TPSA) is 86.6 Å². The highest BCUT2D eigenvalue weighted by Gasteiger charge is 2.31. The summed E-state index contributed by atoms with van der Waals surface area (Å²) < 4.78 is 25.6. The predicted molar refractivity (Wildman–Crippen MR) is 59.0 cm³/mol. The van der Waals surface area contributed by atoms with Crippen molar-refractivity contribution in [3.05, 3.63) is 0 Å². The summed E-state index contributed by atoms with van der Waals surface area (Å²) in [6.45, 7) is 4.49. The van der Waals surface area contributed by atoms with Gasteiger partial charge in [-0.05, 0) is 12.3 Å². The summed E-state index contributed by atoms with van der Waals surface area (Å²) in [5.74, 6) is 0.00353. The molecular weight excluding hydrogens is 218 g/mol. The number of sulfonamides is 1. The van der Waals surface area contributed by atoms with Gasteiger partial charge in [-0.25, -0.2) is 13.1 Å². The minimum Gasteiger partial charge on any atom is -0.394 e. The molecule has 0 fully saturated rings. The second kappa shape index (κ2) is 5.79. The maximum atomic E-state index is 11.6. The molecule has 0 amide bonds. The SMILES string of the molecule is CCC(CO)(CO)NS(=O)(=O)CC(C)C. The first-order valence-corrected chi connectivity index (χ1v) is 6.69. The fourth-order valence-electron chi connectivity index (χ4n) is 1.22. The molecule has 0 aromatic carbocycles. The number of aliphatic hydroxyl groups excluding tert-OH is 2. The molecule has 6 heteroatoms. The summed E-state index contributed by atoms with van der Waals surface area (Å²) in [7, 11) is -3.44. The molecule has 5 nitrogen and oxygen atoms in total. The standard InChI is InChI=1S/C9H21NO4S/c1-4-9(6-11,7-12)10-15(13,14)5-8(2)3/h8,10-12H,4-7H2,1-3H3. The van der Waals surface area contributed by atoms with E-state index in [-0.39, 0.29) is 11.7 Å². The van der Waals surface area contributed by atoms with E-state index in [1.807, 2.05) is 0 Å². The van der Waals surface area contributed by atoms with Gasteiger partial charge in [-0.15, -0.1) is 0 Å². The predicted octanol–water partition coefficient (Wildman–Crippen LogP) is -0.305. The molecule has 0 radical (unpaired) electrons. The van der Waals surface area contributed by atoms with Crippen LogP contribution in [0.2, 0.25) is 0 Å². The van der Waals surface area contributed by atoms with Crippen LogP contribution in [0.3, 0.4) is 0 Å². The van der Waals surface area contributed by atoms with Gasteiger partial charge >= 0.3 is 0 Å². The Morgan fingerprint density at radius 2 is 1.73 bits per heavy atom. The van der Waals surface area contributed by atoms with Gasteiger partial charge in [0, 0.05) is 0 Å². The fourth-order valence-corrected chi connectivity index (χ4v) is 3.11. The average molecular weight is 239 g/mol.